The van der Waals surface area contributed by atoms with Crippen LogP contribution in [0.25, 0.3) is 11.3 Å². The van der Waals surface area contributed by atoms with Gasteiger partial charge in [0.25, 0.3) is 0 Å². The molecule has 154 valence electrons. The molecule has 1 unspecified atom stereocenters. The molecule has 1 aliphatic heterocycles. The molecule has 3 amide bonds. The molecule has 2 heterocycles. The van der Waals surface area contributed by atoms with Crippen LogP contribution in [-0.4, -0.2) is 29.5 Å². The van der Waals surface area contributed by atoms with Crippen LogP contribution in [0, 0.1) is 5.82 Å². The van der Waals surface area contributed by atoms with E-state index in [1.54, 1.807) is 30.3 Å². The summed E-state index contributed by atoms with van der Waals surface area (Å²) in [6.07, 6.45) is 0.415. The van der Waals surface area contributed by atoms with E-state index < -0.39 is 17.9 Å². The fourth-order valence-electron chi connectivity index (χ4n) is 3.23. The first-order chi connectivity index (χ1) is 14.5. The second-order valence-corrected chi connectivity index (χ2v) is 8.12. The third kappa shape index (κ3) is 4.44. The van der Waals surface area contributed by atoms with Crippen LogP contribution in [0.1, 0.15) is 11.4 Å². The average Bonchev–Trinajstić information content (AvgIpc) is 3.35. The standard InChI is InChI=1S/C21H18ClFN4O2S/c22-14-7-5-13(6-8-14)17-12-30-19(25-17)11-24-21(29)26-16-9-10-27(20(16)28)18-4-2-1-3-15(18)23/h1-8,12,16H,9-11H2,(H2,24,26,29). The van der Waals surface area contributed by atoms with Crippen LogP contribution < -0.4 is 15.5 Å². The minimum Gasteiger partial charge on any atom is -0.332 e. The number of halogens is 2. The monoisotopic (exact) mass is 444 g/mol. The molecule has 2 N–H and O–H groups in total. The third-order valence-corrected chi connectivity index (χ3v) is 5.85. The van der Waals surface area contributed by atoms with Crippen molar-refractivity contribution < 1.29 is 14.0 Å². The Morgan fingerprint density at radius 2 is 2.00 bits per heavy atom. The first kappa shape index (κ1) is 20.3. The Kier molecular flexibility index (Phi) is 5.96. The molecule has 4 rings (SSSR count). The van der Waals surface area contributed by atoms with Crippen molar-refractivity contribution in [3.63, 3.8) is 0 Å². The van der Waals surface area contributed by atoms with E-state index in [1.807, 2.05) is 17.5 Å². The molecule has 1 aliphatic rings. The lowest BCUT2D eigenvalue weighted by atomic mass is 10.2. The molecule has 6 nitrogen and oxygen atoms in total. The van der Waals surface area contributed by atoms with E-state index in [0.717, 1.165) is 16.3 Å². The number of nitrogens with zero attached hydrogens (tertiary/aromatic N) is 2. The van der Waals surface area contributed by atoms with Crippen molar-refractivity contribution in [3.8, 4) is 11.3 Å². The number of anilines is 1. The summed E-state index contributed by atoms with van der Waals surface area (Å²) in [4.78, 5) is 30.7. The minimum atomic E-state index is -0.689. The maximum absolute atomic E-state index is 14.0. The Balaban J connectivity index is 1.31. The molecule has 0 bridgehead atoms. The fraction of sp³-hybridized carbons (Fsp3) is 0.190. The normalized spacial score (nSPS) is 16.0. The Bertz CT molecular complexity index is 1070. The summed E-state index contributed by atoms with van der Waals surface area (Å²) >= 11 is 7.33. The van der Waals surface area contributed by atoms with E-state index in [2.05, 4.69) is 15.6 Å². The SMILES string of the molecule is O=C(NCc1nc(-c2ccc(Cl)cc2)cs1)NC1CCN(c2ccccc2F)C1=O. The van der Waals surface area contributed by atoms with Crippen LogP contribution in [0.2, 0.25) is 5.02 Å². The number of benzene rings is 2. The number of para-hydroxylation sites is 1. The number of urea groups is 1. The molecule has 1 fully saturated rings. The number of hydrogen-bond acceptors (Lipinski definition) is 4. The van der Waals surface area contributed by atoms with Gasteiger partial charge in [0.15, 0.2) is 0 Å². The van der Waals surface area contributed by atoms with Gasteiger partial charge in [0, 0.05) is 22.5 Å². The van der Waals surface area contributed by atoms with Crippen molar-refractivity contribution in [2.24, 2.45) is 0 Å². The summed E-state index contributed by atoms with van der Waals surface area (Å²) in [5.74, 6) is -0.786. The highest BCUT2D eigenvalue weighted by molar-refractivity contribution is 7.09. The maximum Gasteiger partial charge on any atom is 0.315 e. The van der Waals surface area contributed by atoms with Crippen molar-refractivity contribution >= 4 is 40.6 Å². The Morgan fingerprint density at radius 1 is 1.23 bits per heavy atom. The summed E-state index contributed by atoms with van der Waals surface area (Å²) in [6.45, 7) is 0.587. The molecule has 2 aromatic carbocycles. The third-order valence-electron chi connectivity index (χ3n) is 4.75. The highest BCUT2D eigenvalue weighted by atomic mass is 35.5. The molecule has 0 spiro atoms. The Morgan fingerprint density at radius 3 is 2.77 bits per heavy atom. The van der Waals surface area contributed by atoms with E-state index >= 15 is 0 Å². The number of amides is 3. The molecule has 1 saturated heterocycles. The molecule has 30 heavy (non-hydrogen) atoms. The van der Waals surface area contributed by atoms with Crippen molar-refractivity contribution in [2.45, 2.75) is 19.0 Å². The van der Waals surface area contributed by atoms with Gasteiger partial charge in [0.05, 0.1) is 17.9 Å². The highest BCUT2D eigenvalue weighted by Crippen LogP contribution is 2.25. The summed E-state index contributed by atoms with van der Waals surface area (Å²) in [5.41, 5.74) is 1.97. The van der Waals surface area contributed by atoms with Gasteiger partial charge >= 0.3 is 6.03 Å². The van der Waals surface area contributed by atoms with Crippen LogP contribution in [0.4, 0.5) is 14.9 Å². The molecular weight excluding hydrogens is 427 g/mol. The van der Waals surface area contributed by atoms with Crippen LogP contribution in [0.15, 0.2) is 53.9 Å². The van der Waals surface area contributed by atoms with Gasteiger partial charge in [0.1, 0.15) is 16.9 Å². The molecule has 0 aliphatic carbocycles. The van der Waals surface area contributed by atoms with E-state index in [4.69, 9.17) is 11.6 Å². The van der Waals surface area contributed by atoms with Crippen LogP contribution in [0.5, 0.6) is 0 Å². The van der Waals surface area contributed by atoms with Crippen LogP contribution >= 0.6 is 22.9 Å². The van der Waals surface area contributed by atoms with Crippen molar-refractivity contribution in [1.82, 2.24) is 15.6 Å². The molecule has 9 heteroatoms. The lowest BCUT2D eigenvalue weighted by molar-refractivity contribution is -0.118. The number of aromatic nitrogens is 1. The zero-order valence-electron chi connectivity index (χ0n) is 15.8. The summed E-state index contributed by atoms with van der Waals surface area (Å²) in [5, 5.41) is 8.68. The summed E-state index contributed by atoms with van der Waals surface area (Å²) in [6, 6.07) is 12.3. The number of carbonyl (C=O) groups is 2. The van der Waals surface area contributed by atoms with Gasteiger partial charge in [-0.1, -0.05) is 35.9 Å². The number of rotatable bonds is 5. The number of carbonyl (C=O) groups excluding carboxylic acids is 2. The van der Waals surface area contributed by atoms with Crippen molar-refractivity contribution in [1.29, 1.82) is 0 Å². The summed E-state index contributed by atoms with van der Waals surface area (Å²) < 4.78 is 14.0. The molecule has 1 aromatic heterocycles. The number of thiazole rings is 1. The van der Waals surface area contributed by atoms with E-state index in [1.165, 1.54) is 22.3 Å². The number of hydrogen-bond donors (Lipinski definition) is 2. The van der Waals surface area contributed by atoms with E-state index in [0.29, 0.717) is 18.0 Å². The zero-order valence-corrected chi connectivity index (χ0v) is 17.3. The van der Waals surface area contributed by atoms with E-state index in [-0.39, 0.29) is 18.1 Å². The second kappa shape index (κ2) is 8.81. The molecule has 0 radical (unpaired) electrons. The van der Waals surface area contributed by atoms with Gasteiger partial charge in [-0.2, -0.15) is 0 Å². The minimum absolute atomic E-state index is 0.227. The predicted molar refractivity (Wildman–Crippen MR) is 115 cm³/mol. The Labute approximate surface area is 181 Å². The molecule has 1 atom stereocenters. The fourth-order valence-corrected chi connectivity index (χ4v) is 4.10. The lowest BCUT2D eigenvalue weighted by Gasteiger charge is -2.17. The van der Waals surface area contributed by atoms with E-state index in [9.17, 15) is 14.0 Å². The molecule has 0 saturated carbocycles. The van der Waals surface area contributed by atoms with Gasteiger partial charge in [-0.25, -0.2) is 14.2 Å². The van der Waals surface area contributed by atoms with Crippen LogP contribution in [-0.2, 0) is 11.3 Å². The summed E-state index contributed by atoms with van der Waals surface area (Å²) in [7, 11) is 0. The quantitative estimate of drug-likeness (QED) is 0.619. The largest absolute Gasteiger partial charge is 0.332 e. The average molecular weight is 445 g/mol. The zero-order chi connectivity index (χ0) is 21.1. The Hall–Kier alpha value is -2.97. The van der Waals surface area contributed by atoms with Gasteiger partial charge in [-0.15, -0.1) is 11.3 Å². The number of nitrogens with one attached hydrogen (secondary N) is 2. The maximum atomic E-state index is 14.0. The van der Waals surface area contributed by atoms with Gasteiger partial charge in [-0.3, -0.25) is 4.79 Å². The molecular formula is C21H18ClFN4O2S. The van der Waals surface area contributed by atoms with Crippen molar-refractivity contribution in [2.75, 3.05) is 11.4 Å². The van der Waals surface area contributed by atoms with Gasteiger partial charge in [0.2, 0.25) is 5.91 Å². The van der Waals surface area contributed by atoms with Gasteiger partial charge < -0.3 is 15.5 Å². The second-order valence-electron chi connectivity index (χ2n) is 6.74. The highest BCUT2D eigenvalue weighted by Gasteiger charge is 2.34. The lowest BCUT2D eigenvalue weighted by Crippen LogP contribution is -2.46. The predicted octanol–water partition coefficient (Wildman–Crippen LogP) is 4.21. The van der Waals surface area contributed by atoms with Crippen LogP contribution in [0.3, 0.4) is 0 Å². The van der Waals surface area contributed by atoms with Crippen molar-refractivity contribution in [3.05, 3.63) is 69.8 Å². The smallest absolute Gasteiger partial charge is 0.315 e. The first-order valence-corrected chi connectivity index (χ1v) is 10.6. The molecule has 3 aromatic rings. The topological polar surface area (TPSA) is 74.3 Å². The van der Waals surface area contributed by atoms with Gasteiger partial charge in [-0.05, 0) is 30.7 Å². The first-order valence-electron chi connectivity index (χ1n) is 9.32.